The van der Waals surface area contributed by atoms with Gasteiger partial charge in [-0.15, -0.1) is 0 Å². The van der Waals surface area contributed by atoms with Crippen LogP contribution in [0, 0.1) is 12.7 Å². The van der Waals surface area contributed by atoms with E-state index in [1.165, 1.54) is 12.1 Å². The van der Waals surface area contributed by atoms with E-state index in [2.05, 4.69) is 10.2 Å². The highest BCUT2D eigenvalue weighted by atomic mass is 19.1. The van der Waals surface area contributed by atoms with Gasteiger partial charge in [-0.3, -0.25) is 0 Å². The number of aliphatic imine (C=N–C) groups is 1. The molecule has 33 heavy (non-hydrogen) atoms. The number of anilines is 1. The average Bonchev–Trinajstić information content (AvgIpc) is 3.14. The van der Waals surface area contributed by atoms with Crippen molar-refractivity contribution < 1.29 is 13.9 Å². The second kappa shape index (κ2) is 8.94. The van der Waals surface area contributed by atoms with Gasteiger partial charge in [-0.05, 0) is 61.4 Å². The van der Waals surface area contributed by atoms with E-state index in [9.17, 15) is 9.18 Å². The lowest BCUT2D eigenvalue weighted by Crippen LogP contribution is -2.39. The molecule has 0 aromatic heterocycles. The molecule has 0 radical (unpaired) electrons. The quantitative estimate of drug-likeness (QED) is 0.535. The fraction of sp³-hybridized carbons (Fsp3) is 0.231. The van der Waals surface area contributed by atoms with Crippen LogP contribution in [0.2, 0.25) is 0 Å². The van der Waals surface area contributed by atoms with Gasteiger partial charge in [-0.1, -0.05) is 24.3 Å². The topological polar surface area (TPSA) is 57.2 Å². The lowest BCUT2D eigenvalue weighted by molar-refractivity contribution is 0.214. The normalized spacial score (nSPS) is 15.4. The Morgan fingerprint density at radius 1 is 0.970 bits per heavy atom. The number of halogens is 1. The van der Waals surface area contributed by atoms with E-state index in [1.807, 2.05) is 49.4 Å². The smallest absolute Gasteiger partial charge is 0.321 e. The maximum absolute atomic E-state index is 13.5. The van der Waals surface area contributed by atoms with Gasteiger partial charge in [0.15, 0.2) is 5.75 Å². The van der Waals surface area contributed by atoms with Crippen molar-refractivity contribution in [3.8, 4) is 11.5 Å². The van der Waals surface area contributed by atoms with E-state index in [-0.39, 0.29) is 11.8 Å². The van der Waals surface area contributed by atoms with Crippen LogP contribution in [-0.2, 0) is 0 Å². The fourth-order valence-corrected chi connectivity index (χ4v) is 4.17. The predicted molar refractivity (Wildman–Crippen MR) is 127 cm³/mol. The van der Waals surface area contributed by atoms with Crippen molar-refractivity contribution in [2.24, 2.45) is 4.99 Å². The second-order valence-electron chi connectivity index (χ2n) is 8.27. The van der Waals surface area contributed by atoms with Crippen molar-refractivity contribution in [3.05, 3.63) is 83.7 Å². The molecule has 7 heteroatoms. The number of ether oxygens (including phenoxy) is 1. The summed E-state index contributed by atoms with van der Waals surface area (Å²) in [5.74, 6) is 1.98. The molecule has 2 heterocycles. The molecule has 0 saturated carbocycles. The number of para-hydroxylation sites is 1. The molecule has 2 amide bonds. The third-order valence-electron chi connectivity index (χ3n) is 5.85. The zero-order valence-corrected chi connectivity index (χ0v) is 18.4. The van der Waals surface area contributed by atoms with Crippen LogP contribution in [0.1, 0.15) is 17.5 Å². The molecule has 2 aliphatic rings. The number of nitrogens with zero attached hydrogens (tertiary/aromatic N) is 3. The number of hydrogen-bond donors (Lipinski definition) is 1. The Labute approximate surface area is 192 Å². The highest BCUT2D eigenvalue weighted by Crippen LogP contribution is 2.38. The summed E-state index contributed by atoms with van der Waals surface area (Å²) in [6.45, 7) is 4.56. The minimum absolute atomic E-state index is 0.227. The molecular formula is C26H25FN4O2. The molecule has 0 spiro atoms. The number of urea groups is 1. The number of hydrogen-bond acceptors (Lipinski definition) is 4. The Morgan fingerprint density at radius 3 is 2.73 bits per heavy atom. The van der Waals surface area contributed by atoms with Crippen molar-refractivity contribution in [2.45, 2.75) is 13.3 Å². The lowest BCUT2D eigenvalue weighted by Gasteiger charge is -2.25. The molecule has 5 rings (SSSR count). The zero-order chi connectivity index (χ0) is 22.8. The van der Waals surface area contributed by atoms with Gasteiger partial charge >= 0.3 is 6.03 Å². The van der Waals surface area contributed by atoms with Crippen LogP contribution in [0.15, 0.2) is 71.7 Å². The molecule has 0 aliphatic carbocycles. The summed E-state index contributed by atoms with van der Waals surface area (Å²) < 4.78 is 19.7. The Bertz CT molecular complexity index is 1230. The second-order valence-corrected chi connectivity index (χ2v) is 8.27. The highest BCUT2D eigenvalue weighted by Gasteiger charge is 2.26. The van der Waals surface area contributed by atoms with Gasteiger partial charge in [-0.25, -0.2) is 14.2 Å². The molecule has 2 aliphatic heterocycles. The van der Waals surface area contributed by atoms with Crippen LogP contribution in [0.25, 0.3) is 0 Å². The third kappa shape index (κ3) is 4.53. The van der Waals surface area contributed by atoms with Crippen LogP contribution >= 0.6 is 0 Å². The van der Waals surface area contributed by atoms with E-state index < -0.39 is 0 Å². The SMILES string of the molecule is Cc1ccc2c(c1)Oc1ccccc1C(N1CCCN(C(=O)Nc3cccc(F)c3)CC1)=N2. The molecule has 6 nitrogen and oxygen atoms in total. The van der Waals surface area contributed by atoms with Gasteiger partial charge in [0.25, 0.3) is 0 Å². The highest BCUT2D eigenvalue weighted by molar-refractivity contribution is 6.03. The lowest BCUT2D eigenvalue weighted by atomic mass is 10.1. The van der Waals surface area contributed by atoms with Gasteiger partial charge in [0.2, 0.25) is 0 Å². The number of carbonyl (C=O) groups excluding carboxylic acids is 1. The molecule has 0 atom stereocenters. The first-order valence-electron chi connectivity index (χ1n) is 11.1. The number of carbonyl (C=O) groups is 1. The maximum Gasteiger partial charge on any atom is 0.321 e. The minimum atomic E-state index is -0.377. The van der Waals surface area contributed by atoms with E-state index in [4.69, 9.17) is 9.73 Å². The number of rotatable bonds is 1. The third-order valence-corrected chi connectivity index (χ3v) is 5.85. The van der Waals surface area contributed by atoms with E-state index in [0.29, 0.717) is 25.3 Å². The Morgan fingerprint density at radius 2 is 1.85 bits per heavy atom. The standard InChI is InChI=1S/C26H25FN4O2/c1-18-10-11-22-24(16-18)33-23-9-3-2-8-21(23)25(29-22)30-12-5-13-31(15-14-30)26(32)28-20-7-4-6-19(27)17-20/h2-4,6-11,16-17H,5,12-15H2,1H3,(H,28,32). The molecule has 1 fully saturated rings. The number of nitrogens with one attached hydrogen (secondary N) is 1. The Hall–Kier alpha value is -3.87. The van der Waals surface area contributed by atoms with Crippen LogP contribution in [-0.4, -0.2) is 47.8 Å². The molecule has 1 N–H and O–H groups in total. The van der Waals surface area contributed by atoms with Gasteiger partial charge in [-0.2, -0.15) is 0 Å². The first-order valence-corrected chi connectivity index (χ1v) is 11.1. The van der Waals surface area contributed by atoms with Crippen LogP contribution < -0.4 is 10.1 Å². The number of fused-ring (bicyclic) bond motifs is 2. The van der Waals surface area contributed by atoms with Gasteiger partial charge in [0, 0.05) is 31.9 Å². The molecule has 0 bridgehead atoms. The first-order chi connectivity index (χ1) is 16.1. The number of amidine groups is 1. The van der Waals surface area contributed by atoms with Crippen LogP contribution in [0.5, 0.6) is 11.5 Å². The summed E-state index contributed by atoms with van der Waals surface area (Å²) >= 11 is 0. The first kappa shape index (κ1) is 21.0. The summed E-state index contributed by atoms with van der Waals surface area (Å²) in [6.07, 6.45) is 0.791. The molecule has 1 saturated heterocycles. The number of benzene rings is 3. The number of aryl methyl sites for hydroxylation is 1. The van der Waals surface area contributed by atoms with Gasteiger partial charge in [0.1, 0.15) is 23.1 Å². The van der Waals surface area contributed by atoms with Crippen molar-refractivity contribution in [1.82, 2.24) is 9.80 Å². The molecule has 3 aromatic rings. The molecular weight excluding hydrogens is 419 g/mol. The van der Waals surface area contributed by atoms with E-state index >= 15 is 0 Å². The van der Waals surface area contributed by atoms with E-state index in [0.717, 1.165) is 47.1 Å². The van der Waals surface area contributed by atoms with Crippen molar-refractivity contribution in [3.63, 3.8) is 0 Å². The van der Waals surface area contributed by atoms with Crippen LogP contribution in [0.4, 0.5) is 20.6 Å². The monoisotopic (exact) mass is 444 g/mol. The van der Waals surface area contributed by atoms with Crippen molar-refractivity contribution in [1.29, 1.82) is 0 Å². The van der Waals surface area contributed by atoms with Gasteiger partial charge < -0.3 is 19.9 Å². The fourth-order valence-electron chi connectivity index (χ4n) is 4.17. The maximum atomic E-state index is 13.5. The van der Waals surface area contributed by atoms with Gasteiger partial charge in [0.05, 0.1) is 5.56 Å². The predicted octanol–water partition coefficient (Wildman–Crippen LogP) is 5.56. The van der Waals surface area contributed by atoms with Crippen LogP contribution in [0.3, 0.4) is 0 Å². The summed E-state index contributed by atoms with van der Waals surface area (Å²) in [5, 5.41) is 2.80. The Balaban J connectivity index is 1.38. The number of amides is 2. The molecule has 168 valence electrons. The summed E-state index contributed by atoms with van der Waals surface area (Å²) in [6, 6.07) is 19.6. The summed E-state index contributed by atoms with van der Waals surface area (Å²) in [5.41, 5.74) is 3.28. The molecule has 0 unspecified atom stereocenters. The average molecular weight is 445 g/mol. The largest absolute Gasteiger partial charge is 0.454 e. The van der Waals surface area contributed by atoms with Crippen molar-refractivity contribution >= 4 is 23.2 Å². The van der Waals surface area contributed by atoms with Crippen molar-refractivity contribution in [2.75, 3.05) is 31.5 Å². The Kier molecular flexibility index (Phi) is 5.69. The zero-order valence-electron chi connectivity index (χ0n) is 18.4. The molecule has 3 aromatic carbocycles. The minimum Gasteiger partial charge on any atom is -0.454 e. The summed E-state index contributed by atoms with van der Waals surface area (Å²) in [4.78, 5) is 21.8. The summed E-state index contributed by atoms with van der Waals surface area (Å²) in [7, 11) is 0. The van der Waals surface area contributed by atoms with E-state index in [1.54, 1.807) is 17.0 Å².